The molecule has 1 unspecified atom stereocenters. The van der Waals surface area contributed by atoms with E-state index in [1.165, 1.54) is 11.8 Å². The molecule has 2 heterocycles. The smallest absolute Gasteiger partial charge is 0.102 e. The van der Waals surface area contributed by atoms with E-state index in [4.69, 9.17) is 11.6 Å². The van der Waals surface area contributed by atoms with Crippen molar-refractivity contribution in [2.75, 3.05) is 0 Å². The molecule has 0 aromatic carbocycles. The second-order valence-corrected chi connectivity index (χ2v) is 5.00. The number of nitrogens with zero attached hydrogens (tertiary/aromatic N) is 2. The fourth-order valence-corrected chi connectivity index (χ4v) is 2.04. The maximum absolute atomic E-state index is 9.36. The van der Waals surface area contributed by atoms with E-state index < -0.39 is 6.10 Å². The fourth-order valence-electron chi connectivity index (χ4n) is 1.23. The van der Waals surface area contributed by atoms with Crippen molar-refractivity contribution < 1.29 is 5.11 Å². The maximum Gasteiger partial charge on any atom is 0.102 e. The zero-order chi connectivity index (χ0) is 12.3. The first kappa shape index (κ1) is 12.4. The second kappa shape index (κ2) is 5.49. The molecule has 17 heavy (non-hydrogen) atoms. The highest BCUT2D eigenvalue weighted by Crippen LogP contribution is 2.25. The van der Waals surface area contributed by atoms with E-state index in [2.05, 4.69) is 9.97 Å². The summed E-state index contributed by atoms with van der Waals surface area (Å²) in [6.45, 7) is 1.71. The molecule has 0 amide bonds. The molecule has 5 heteroatoms. The summed E-state index contributed by atoms with van der Waals surface area (Å²) in [7, 11) is 0. The molecule has 2 aromatic rings. The van der Waals surface area contributed by atoms with Crippen molar-refractivity contribution in [3.63, 3.8) is 0 Å². The maximum atomic E-state index is 9.36. The van der Waals surface area contributed by atoms with Crippen LogP contribution in [-0.4, -0.2) is 15.1 Å². The van der Waals surface area contributed by atoms with Gasteiger partial charge in [0.25, 0.3) is 0 Å². The Morgan fingerprint density at radius 1 is 1.12 bits per heavy atom. The van der Waals surface area contributed by atoms with Gasteiger partial charge in [-0.3, -0.25) is 0 Å². The molecule has 0 bridgehead atoms. The van der Waals surface area contributed by atoms with E-state index >= 15 is 0 Å². The summed E-state index contributed by atoms with van der Waals surface area (Å²) in [6.07, 6.45) is 2.78. The van der Waals surface area contributed by atoms with E-state index in [0.29, 0.717) is 5.02 Å². The van der Waals surface area contributed by atoms with Crippen LogP contribution in [0.3, 0.4) is 0 Å². The van der Waals surface area contributed by atoms with Gasteiger partial charge in [0.2, 0.25) is 0 Å². The Labute approximate surface area is 109 Å². The van der Waals surface area contributed by atoms with Crippen LogP contribution in [-0.2, 0) is 0 Å². The predicted octanol–water partition coefficient (Wildman–Crippen LogP) is 3.33. The molecule has 0 saturated carbocycles. The number of rotatable bonds is 3. The Morgan fingerprint density at radius 3 is 2.24 bits per heavy atom. The van der Waals surface area contributed by atoms with Crippen molar-refractivity contribution in [3.8, 4) is 0 Å². The van der Waals surface area contributed by atoms with Crippen molar-refractivity contribution in [3.05, 3.63) is 47.2 Å². The number of aromatic nitrogens is 2. The summed E-state index contributed by atoms with van der Waals surface area (Å²) in [5.74, 6) is 0. The van der Waals surface area contributed by atoms with Crippen molar-refractivity contribution in [2.24, 2.45) is 0 Å². The van der Waals surface area contributed by atoms with Crippen LogP contribution in [0.15, 0.2) is 46.7 Å². The van der Waals surface area contributed by atoms with Crippen molar-refractivity contribution in [1.29, 1.82) is 0 Å². The number of hydrogen-bond donors (Lipinski definition) is 1. The molecule has 0 fully saturated rings. The summed E-state index contributed by atoms with van der Waals surface area (Å²) in [5.41, 5.74) is 0.804. The van der Waals surface area contributed by atoms with Crippen LogP contribution < -0.4 is 0 Å². The zero-order valence-corrected chi connectivity index (χ0v) is 10.7. The van der Waals surface area contributed by atoms with E-state index in [1.54, 1.807) is 25.4 Å². The molecule has 0 aliphatic heterocycles. The molecular weight excluding hydrogens is 256 g/mol. The molecule has 88 valence electrons. The minimum absolute atomic E-state index is 0.491. The Hall–Kier alpha value is -1.10. The normalized spacial score (nSPS) is 12.4. The third kappa shape index (κ3) is 3.43. The molecule has 0 aliphatic rings. The van der Waals surface area contributed by atoms with E-state index in [1.807, 2.05) is 18.2 Å². The molecule has 0 radical (unpaired) electrons. The van der Waals surface area contributed by atoms with Gasteiger partial charge in [0, 0.05) is 12.4 Å². The summed E-state index contributed by atoms with van der Waals surface area (Å²) in [6, 6.07) is 7.36. The average molecular weight is 267 g/mol. The lowest BCUT2D eigenvalue weighted by Crippen LogP contribution is -1.92. The number of halogens is 1. The number of aliphatic hydroxyl groups is 1. The van der Waals surface area contributed by atoms with Crippen LogP contribution in [0, 0.1) is 0 Å². The SMILES string of the molecule is CC(O)c1ccc(Sc2ccc(Cl)cn2)nc1. The van der Waals surface area contributed by atoms with E-state index in [0.717, 1.165) is 15.6 Å². The summed E-state index contributed by atoms with van der Waals surface area (Å²) >= 11 is 7.21. The number of aliphatic hydroxyl groups excluding tert-OH is 1. The first-order valence-corrected chi connectivity index (χ1v) is 6.28. The van der Waals surface area contributed by atoms with E-state index in [9.17, 15) is 5.11 Å². The molecule has 0 spiro atoms. The van der Waals surface area contributed by atoms with Crippen molar-refractivity contribution in [1.82, 2.24) is 9.97 Å². The van der Waals surface area contributed by atoms with Crippen LogP contribution in [0.4, 0.5) is 0 Å². The Balaban J connectivity index is 2.11. The monoisotopic (exact) mass is 266 g/mol. The van der Waals surface area contributed by atoms with Gasteiger partial charge >= 0.3 is 0 Å². The summed E-state index contributed by atoms with van der Waals surface area (Å²) < 4.78 is 0. The lowest BCUT2D eigenvalue weighted by atomic mass is 10.2. The largest absolute Gasteiger partial charge is 0.389 e. The molecule has 1 N–H and O–H groups in total. The minimum Gasteiger partial charge on any atom is -0.389 e. The van der Waals surface area contributed by atoms with Gasteiger partial charge in [-0.2, -0.15) is 0 Å². The van der Waals surface area contributed by atoms with Gasteiger partial charge in [0.05, 0.1) is 11.1 Å². The molecule has 0 aliphatic carbocycles. The summed E-state index contributed by atoms with van der Waals surface area (Å²) in [4.78, 5) is 8.42. The predicted molar refractivity (Wildman–Crippen MR) is 68.2 cm³/mol. The molecule has 2 aromatic heterocycles. The third-order valence-corrected chi connectivity index (χ3v) is 3.28. The van der Waals surface area contributed by atoms with Gasteiger partial charge in [-0.25, -0.2) is 9.97 Å². The van der Waals surface area contributed by atoms with Crippen LogP contribution in [0.5, 0.6) is 0 Å². The standard InChI is InChI=1S/C12H11ClN2OS/c1-8(16)9-2-4-11(14-6-9)17-12-5-3-10(13)7-15-12/h2-8,16H,1H3. The average Bonchev–Trinajstić information content (AvgIpc) is 2.33. The zero-order valence-electron chi connectivity index (χ0n) is 9.17. The van der Waals surface area contributed by atoms with Gasteiger partial charge in [0.1, 0.15) is 10.1 Å². The second-order valence-electron chi connectivity index (χ2n) is 3.52. The van der Waals surface area contributed by atoms with Gasteiger partial charge in [-0.1, -0.05) is 29.4 Å². The lowest BCUT2D eigenvalue weighted by molar-refractivity contribution is 0.198. The van der Waals surface area contributed by atoms with Gasteiger partial charge in [0.15, 0.2) is 0 Å². The highest BCUT2D eigenvalue weighted by molar-refractivity contribution is 7.99. The Bertz CT molecular complexity index is 485. The number of hydrogen-bond acceptors (Lipinski definition) is 4. The minimum atomic E-state index is -0.491. The topological polar surface area (TPSA) is 46.0 Å². The van der Waals surface area contributed by atoms with Crippen LogP contribution in [0.25, 0.3) is 0 Å². The van der Waals surface area contributed by atoms with Gasteiger partial charge in [-0.05, 0) is 30.7 Å². The van der Waals surface area contributed by atoms with Crippen LogP contribution in [0.1, 0.15) is 18.6 Å². The lowest BCUT2D eigenvalue weighted by Gasteiger charge is -2.04. The van der Waals surface area contributed by atoms with Gasteiger partial charge in [-0.15, -0.1) is 0 Å². The quantitative estimate of drug-likeness (QED) is 0.926. The highest BCUT2D eigenvalue weighted by Gasteiger charge is 2.03. The Kier molecular flexibility index (Phi) is 3.99. The van der Waals surface area contributed by atoms with Crippen molar-refractivity contribution in [2.45, 2.75) is 23.1 Å². The van der Waals surface area contributed by atoms with Gasteiger partial charge < -0.3 is 5.11 Å². The van der Waals surface area contributed by atoms with Crippen LogP contribution in [0.2, 0.25) is 5.02 Å². The highest BCUT2D eigenvalue weighted by atomic mass is 35.5. The van der Waals surface area contributed by atoms with E-state index in [-0.39, 0.29) is 0 Å². The molecule has 1 atom stereocenters. The molecular formula is C12H11ClN2OS. The van der Waals surface area contributed by atoms with Crippen LogP contribution >= 0.6 is 23.4 Å². The number of pyridine rings is 2. The first-order chi connectivity index (χ1) is 8.15. The third-order valence-electron chi connectivity index (χ3n) is 2.15. The van der Waals surface area contributed by atoms with Crippen molar-refractivity contribution >= 4 is 23.4 Å². The molecule has 2 rings (SSSR count). The Morgan fingerprint density at radius 2 is 1.76 bits per heavy atom. The fraction of sp³-hybridized carbons (Fsp3) is 0.167. The first-order valence-electron chi connectivity index (χ1n) is 5.08. The molecule has 3 nitrogen and oxygen atoms in total. The summed E-state index contributed by atoms with van der Waals surface area (Å²) in [5, 5.41) is 11.7. The molecule has 0 saturated heterocycles.